The molecule has 2 amide bonds. The van der Waals surface area contributed by atoms with Gasteiger partial charge in [-0.1, -0.05) is 26.7 Å². The van der Waals surface area contributed by atoms with Gasteiger partial charge in [0.05, 0.1) is 18.3 Å². The zero-order valence-corrected chi connectivity index (χ0v) is 19.7. The van der Waals surface area contributed by atoms with Gasteiger partial charge < -0.3 is 15.3 Å². The van der Waals surface area contributed by atoms with Gasteiger partial charge in [-0.2, -0.15) is 0 Å². The van der Waals surface area contributed by atoms with Gasteiger partial charge in [0, 0.05) is 29.7 Å². The Morgan fingerprint density at radius 2 is 2.13 bits per heavy atom. The molecule has 1 aromatic rings. The van der Waals surface area contributed by atoms with Gasteiger partial charge in [-0.05, 0) is 49.4 Å². The van der Waals surface area contributed by atoms with Crippen LogP contribution in [0.25, 0.3) is 0 Å². The maximum atomic E-state index is 12.8. The van der Waals surface area contributed by atoms with Gasteiger partial charge in [0.25, 0.3) is 0 Å². The Balaban J connectivity index is 1.55. The lowest BCUT2D eigenvalue weighted by molar-refractivity contribution is -0.142. The molecule has 0 radical (unpaired) electrons. The third kappa shape index (κ3) is 4.01. The van der Waals surface area contributed by atoms with Gasteiger partial charge in [0.15, 0.2) is 5.13 Å². The van der Waals surface area contributed by atoms with Gasteiger partial charge in [-0.15, -0.1) is 17.8 Å². The highest BCUT2D eigenvalue weighted by Gasteiger charge is 2.54. The minimum absolute atomic E-state index is 0.00603. The predicted molar refractivity (Wildman–Crippen MR) is 122 cm³/mol. The van der Waals surface area contributed by atoms with Crippen LogP contribution in [-0.2, 0) is 16.0 Å². The van der Waals surface area contributed by atoms with Gasteiger partial charge >= 0.3 is 0 Å². The van der Waals surface area contributed by atoms with Gasteiger partial charge in [0.1, 0.15) is 0 Å². The topological polar surface area (TPSA) is 82.5 Å². The number of nitrogens with one attached hydrogen (secondary N) is 1. The van der Waals surface area contributed by atoms with E-state index in [1.807, 2.05) is 6.92 Å². The number of amides is 2. The van der Waals surface area contributed by atoms with Crippen LogP contribution in [0.3, 0.4) is 0 Å². The van der Waals surface area contributed by atoms with Crippen molar-refractivity contribution in [3.05, 3.63) is 10.6 Å². The number of hydrogen-bond donors (Lipinski definition) is 2. The van der Waals surface area contributed by atoms with E-state index in [9.17, 15) is 14.7 Å². The van der Waals surface area contributed by atoms with E-state index in [1.165, 1.54) is 4.88 Å². The SMILES string of the molecule is C#CCN(C)C(=O)[C@@H](C)[C@@H]1CC[C@@]2(C)Cc3sc(NC(=O)C4CC4)nc3[C@@H](C)[C@@H]2[C@H]1O. The van der Waals surface area contributed by atoms with Crippen molar-refractivity contribution in [2.45, 2.75) is 64.9 Å². The maximum absolute atomic E-state index is 12.8. The Morgan fingerprint density at radius 1 is 1.42 bits per heavy atom. The summed E-state index contributed by atoms with van der Waals surface area (Å²) in [6, 6.07) is 0. The summed E-state index contributed by atoms with van der Waals surface area (Å²) in [6.45, 7) is 6.59. The molecule has 2 fully saturated rings. The highest BCUT2D eigenvalue weighted by atomic mass is 32.1. The summed E-state index contributed by atoms with van der Waals surface area (Å²) in [7, 11) is 1.72. The van der Waals surface area contributed by atoms with E-state index >= 15 is 0 Å². The summed E-state index contributed by atoms with van der Waals surface area (Å²) in [5.41, 5.74) is 0.960. The molecule has 0 aromatic carbocycles. The van der Waals surface area contributed by atoms with E-state index in [0.717, 1.165) is 37.8 Å². The zero-order chi connectivity index (χ0) is 22.5. The molecule has 0 aliphatic heterocycles. The van der Waals surface area contributed by atoms with Crippen LogP contribution in [0.15, 0.2) is 0 Å². The monoisotopic (exact) mass is 443 g/mol. The molecule has 0 bridgehead atoms. The Bertz CT molecular complexity index is 918. The van der Waals surface area contributed by atoms with E-state index in [4.69, 9.17) is 11.4 Å². The number of terminal acetylenes is 1. The average molecular weight is 444 g/mol. The molecular weight excluding hydrogens is 410 g/mol. The van der Waals surface area contributed by atoms with Crippen LogP contribution in [0.2, 0.25) is 0 Å². The largest absolute Gasteiger partial charge is 0.392 e. The second kappa shape index (κ2) is 8.22. The first-order chi connectivity index (χ1) is 14.7. The summed E-state index contributed by atoms with van der Waals surface area (Å²) < 4.78 is 0. The summed E-state index contributed by atoms with van der Waals surface area (Å²) in [5, 5.41) is 15.2. The van der Waals surface area contributed by atoms with E-state index < -0.39 is 6.10 Å². The minimum atomic E-state index is -0.578. The molecule has 6 atom stereocenters. The zero-order valence-electron chi connectivity index (χ0n) is 18.9. The summed E-state index contributed by atoms with van der Waals surface area (Å²) >= 11 is 1.59. The summed E-state index contributed by atoms with van der Waals surface area (Å²) in [5.74, 6) is 2.45. The van der Waals surface area contributed by atoms with Crippen LogP contribution in [0.5, 0.6) is 0 Å². The predicted octanol–water partition coefficient (Wildman–Crippen LogP) is 3.27. The molecule has 3 aliphatic rings. The molecule has 6 nitrogen and oxygen atoms in total. The fourth-order valence-corrected chi connectivity index (χ4v) is 7.17. The Kier molecular flexibility index (Phi) is 5.91. The molecular formula is C24H33N3O3S. The number of aromatic nitrogens is 1. The number of aliphatic hydroxyl groups is 1. The third-order valence-electron chi connectivity index (χ3n) is 7.84. The first-order valence-corrected chi connectivity index (χ1v) is 12.1. The minimum Gasteiger partial charge on any atom is -0.392 e. The molecule has 1 heterocycles. The first kappa shape index (κ1) is 22.3. The number of hydrogen-bond acceptors (Lipinski definition) is 5. The molecule has 31 heavy (non-hydrogen) atoms. The lowest BCUT2D eigenvalue weighted by Crippen LogP contribution is -2.53. The molecule has 168 valence electrons. The van der Waals surface area contributed by atoms with Crippen molar-refractivity contribution in [1.82, 2.24) is 9.88 Å². The quantitative estimate of drug-likeness (QED) is 0.685. The van der Waals surface area contributed by atoms with Crippen molar-refractivity contribution in [3.8, 4) is 12.3 Å². The first-order valence-electron chi connectivity index (χ1n) is 11.3. The second-order valence-electron chi connectivity index (χ2n) is 10.1. The summed E-state index contributed by atoms with van der Waals surface area (Å²) in [4.78, 5) is 32.6. The molecule has 0 unspecified atom stereocenters. The standard InChI is InChI=1S/C24H33N3O3S/c1-6-11-27(5)22(30)13(2)16-9-10-24(4)12-17-19(14(3)18(24)20(16)28)25-23(31-17)26-21(29)15-7-8-15/h1,13-16,18,20,28H,7-12H2,2-5H3,(H,25,26,29)/t13-,14-,16-,18+,20-,24-/m0/s1. The number of aliphatic hydroxyl groups excluding tert-OH is 1. The van der Waals surface area contributed by atoms with Crippen molar-refractivity contribution in [2.24, 2.45) is 29.1 Å². The normalized spacial score (nSPS) is 32.9. The Morgan fingerprint density at radius 3 is 2.77 bits per heavy atom. The number of fused-ring (bicyclic) bond motifs is 2. The fourth-order valence-electron chi connectivity index (χ4n) is 5.90. The van der Waals surface area contributed by atoms with Crippen molar-refractivity contribution in [3.63, 3.8) is 0 Å². The van der Waals surface area contributed by atoms with E-state index in [1.54, 1.807) is 23.3 Å². The van der Waals surface area contributed by atoms with Crippen LogP contribution < -0.4 is 5.32 Å². The van der Waals surface area contributed by atoms with Crippen molar-refractivity contribution >= 4 is 28.3 Å². The molecule has 2 saturated carbocycles. The van der Waals surface area contributed by atoms with Crippen molar-refractivity contribution < 1.29 is 14.7 Å². The van der Waals surface area contributed by atoms with Crippen molar-refractivity contribution in [2.75, 3.05) is 18.9 Å². The number of thiazole rings is 1. The molecule has 7 heteroatoms. The number of rotatable bonds is 5. The lowest BCUT2D eigenvalue weighted by Gasteiger charge is -2.53. The molecule has 2 N–H and O–H groups in total. The maximum Gasteiger partial charge on any atom is 0.229 e. The number of nitrogens with zero attached hydrogens (tertiary/aromatic N) is 2. The Labute approximate surface area is 188 Å². The van der Waals surface area contributed by atoms with E-state index in [0.29, 0.717) is 5.13 Å². The average Bonchev–Trinajstić information content (AvgIpc) is 3.49. The highest BCUT2D eigenvalue weighted by Crippen LogP contribution is 2.57. The van der Waals surface area contributed by atoms with E-state index in [-0.39, 0.29) is 53.4 Å². The van der Waals surface area contributed by atoms with Gasteiger partial charge in [0.2, 0.25) is 11.8 Å². The van der Waals surface area contributed by atoms with Crippen LogP contribution in [-0.4, -0.2) is 46.5 Å². The molecule has 3 aliphatic carbocycles. The lowest BCUT2D eigenvalue weighted by atomic mass is 9.53. The molecule has 1 aromatic heterocycles. The molecule has 4 rings (SSSR count). The Hall–Kier alpha value is -1.91. The van der Waals surface area contributed by atoms with Crippen LogP contribution in [0.4, 0.5) is 5.13 Å². The summed E-state index contributed by atoms with van der Waals surface area (Å²) in [6.07, 6.45) is 9.36. The number of carbonyl (C=O) groups is 2. The number of carbonyl (C=O) groups excluding carboxylic acids is 2. The van der Waals surface area contributed by atoms with Crippen LogP contribution >= 0.6 is 11.3 Å². The molecule has 0 saturated heterocycles. The highest BCUT2D eigenvalue weighted by molar-refractivity contribution is 7.15. The molecule has 0 spiro atoms. The third-order valence-corrected chi connectivity index (χ3v) is 8.82. The van der Waals surface area contributed by atoms with Crippen LogP contribution in [0, 0.1) is 41.4 Å². The van der Waals surface area contributed by atoms with Crippen LogP contribution in [0.1, 0.15) is 62.9 Å². The fraction of sp³-hybridized carbons (Fsp3) is 0.708. The van der Waals surface area contributed by atoms with Gasteiger partial charge in [-0.25, -0.2) is 4.98 Å². The second-order valence-corrected chi connectivity index (χ2v) is 11.2. The van der Waals surface area contributed by atoms with E-state index in [2.05, 4.69) is 25.1 Å². The number of anilines is 1. The van der Waals surface area contributed by atoms with Gasteiger partial charge in [-0.3, -0.25) is 9.59 Å². The van der Waals surface area contributed by atoms with Crippen molar-refractivity contribution in [1.29, 1.82) is 0 Å². The smallest absolute Gasteiger partial charge is 0.229 e.